The Morgan fingerprint density at radius 3 is 2.20 bits per heavy atom. The molecule has 6 nitrogen and oxygen atoms in total. The molecule has 1 heterocycles. The molecule has 2 aromatic rings. The van der Waals surface area contributed by atoms with Crippen molar-refractivity contribution in [2.75, 3.05) is 27.2 Å². The van der Waals surface area contributed by atoms with Crippen molar-refractivity contribution in [1.82, 2.24) is 15.1 Å². The predicted octanol–water partition coefficient (Wildman–Crippen LogP) is 4.28. The molecule has 1 aliphatic heterocycles. The topological polar surface area (TPSA) is 61.9 Å². The van der Waals surface area contributed by atoms with Crippen LogP contribution in [0.15, 0.2) is 54.6 Å². The second-order valence-electron chi connectivity index (χ2n) is 10.2. The first kappa shape index (κ1) is 26.7. The number of nitrogens with zero attached hydrogens (tertiary/aromatic N) is 2. The van der Waals surface area contributed by atoms with E-state index in [0.29, 0.717) is 18.9 Å². The zero-order valence-electron chi connectivity index (χ0n) is 21.7. The Kier molecular flexibility index (Phi) is 10.2. The first-order valence-corrected chi connectivity index (χ1v) is 12.8. The fourth-order valence-electron chi connectivity index (χ4n) is 4.50. The molecule has 1 aliphatic rings. The normalized spacial score (nSPS) is 15.7. The van der Waals surface area contributed by atoms with Crippen molar-refractivity contribution in [3.8, 4) is 5.75 Å². The van der Waals surface area contributed by atoms with Crippen LogP contribution < -0.4 is 10.1 Å². The maximum absolute atomic E-state index is 13.5. The maximum Gasteiger partial charge on any atom is 0.245 e. The minimum absolute atomic E-state index is 0.0181. The third-order valence-corrected chi connectivity index (χ3v) is 6.51. The summed E-state index contributed by atoms with van der Waals surface area (Å²) in [6, 6.07) is 17.1. The largest absolute Gasteiger partial charge is 0.489 e. The van der Waals surface area contributed by atoms with Crippen molar-refractivity contribution < 1.29 is 14.3 Å². The van der Waals surface area contributed by atoms with Crippen LogP contribution in [0.4, 0.5) is 0 Å². The van der Waals surface area contributed by atoms with E-state index in [0.717, 1.165) is 55.6 Å². The van der Waals surface area contributed by atoms with Crippen LogP contribution in [-0.2, 0) is 22.6 Å². The molecule has 0 unspecified atom stereocenters. The quantitative estimate of drug-likeness (QED) is 0.523. The molecule has 0 radical (unpaired) electrons. The standard InChI is InChI=1S/C29H41N3O3/c1-22(2)19-27(31(3)4)28(33)30-26(29(34)32-17-9-6-10-18-32)20-23-13-15-25(16-14-23)35-21-24-11-7-5-8-12-24/h5,7-8,11-16,22,26-27H,6,9-10,17-21H2,1-4H3,(H,30,33)/t26-,27+/m0/s1. The number of likely N-dealkylation sites (tertiary alicyclic amines) is 1. The number of benzene rings is 2. The summed E-state index contributed by atoms with van der Waals surface area (Å²) in [7, 11) is 3.84. The molecule has 1 N–H and O–H groups in total. The van der Waals surface area contributed by atoms with Gasteiger partial charge in [-0.1, -0.05) is 56.3 Å². The van der Waals surface area contributed by atoms with E-state index in [-0.39, 0.29) is 17.9 Å². The average Bonchev–Trinajstić information content (AvgIpc) is 2.86. The summed E-state index contributed by atoms with van der Waals surface area (Å²) in [6.07, 6.45) is 4.40. The molecule has 6 heteroatoms. The summed E-state index contributed by atoms with van der Waals surface area (Å²) in [5.74, 6) is 1.10. The van der Waals surface area contributed by atoms with Crippen molar-refractivity contribution in [2.45, 2.75) is 64.6 Å². The van der Waals surface area contributed by atoms with E-state index in [1.807, 2.05) is 78.5 Å². The van der Waals surface area contributed by atoms with Gasteiger partial charge in [-0.05, 0) is 69.0 Å². The van der Waals surface area contributed by atoms with Crippen LogP contribution in [0.1, 0.15) is 50.7 Å². The number of carbonyl (C=O) groups is 2. The zero-order valence-corrected chi connectivity index (χ0v) is 21.7. The number of nitrogens with one attached hydrogen (secondary N) is 1. The van der Waals surface area contributed by atoms with Gasteiger partial charge in [-0.3, -0.25) is 14.5 Å². The highest BCUT2D eigenvalue weighted by atomic mass is 16.5. The smallest absolute Gasteiger partial charge is 0.245 e. The van der Waals surface area contributed by atoms with Gasteiger partial charge in [0.05, 0.1) is 6.04 Å². The molecule has 0 aliphatic carbocycles. The Bertz CT molecular complexity index is 922. The monoisotopic (exact) mass is 479 g/mol. The predicted molar refractivity (Wildman–Crippen MR) is 140 cm³/mol. The lowest BCUT2D eigenvalue weighted by molar-refractivity contribution is -0.138. The van der Waals surface area contributed by atoms with Gasteiger partial charge in [0, 0.05) is 19.5 Å². The first-order chi connectivity index (χ1) is 16.8. The molecule has 1 fully saturated rings. The first-order valence-electron chi connectivity index (χ1n) is 12.8. The highest BCUT2D eigenvalue weighted by Gasteiger charge is 2.30. The highest BCUT2D eigenvalue weighted by molar-refractivity contribution is 5.90. The molecule has 35 heavy (non-hydrogen) atoms. The van der Waals surface area contributed by atoms with E-state index >= 15 is 0 Å². The van der Waals surface area contributed by atoms with E-state index in [1.54, 1.807) is 0 Å². The molecule has 2 atom stereocenters. The highest BCUT2D eigenvalue weighted by Crippen LogP contribution is 2.18. The summed E-state index contributed by atoms with van der Waals surface area (Å²) in [6.45, 7) is 6.26. The van der Waals surface area contributed by atoms with Crippen LogP contribution in [0.3, 0.4) is 0 Å². The van der Waals surface area contributed by atoms with Crippen molar-refractivity contribution in [3.63, 3.8) is 0 Å². The summed E-state index contributed by atoms with van der Waals surface area (Å²) in [5.41, 5.74) is 2.11. The second-order valence-corrected chi connectivity index (χ2v) is 10.2. The Morgan fingerprint density at radius 2 is 1.60 bits per heavy atom. The molecule has 3 rings (SSSR count). The van der Waals surface area contributed by atoms with Gasteiger partial charge < -0.3 is 15.0 Å². The molecule has 0 aromatic heterocycles. The molecule has 2 aromatic carbocycles. The Balaban J connectivity index is 1.69. The Labute approximate surface area is 210 Å². The maximum atomic E-state index is 13.5. The summed E-state index contributed by atoms with van der Waals surface area (Å²) < 4.78 is 5.90. The third kappa shape index (κ3) is 8.39. The van der Waals surface area contributed by atoms with Crippen LogP contribution in [0.2, 0.25) is 0 Å². The number of likely N-dealkylation sites (N-methyl/N-ethyl adjacent to an activating group) is 1. The van der Waals surface area contributed by atoms with E-state index < -0.39 is 6.04 Å². The third-order valence-electron chi connectivity index (χ3n) is 6.51. The number of rotatable bonds is 11. The fraction of sp³-hybridized carbons (Fsp3) is 0.517. The van der Waals surface area contributed by atoms with Gasteiger partial charge >= 0.3 is 0 Å². The number of amides is 2. The number of hydrogen-bond acceptors (Lipinski definition) is 4. The van der Waals surface area contributed by atoms with Crippen molar-refractivity contribution in [3.05, 3.63) is 65.7 Å². The van der Waals surface area contributed by atoms with Crippen molar-refractivity contribution in [2.24, 2.45) is 5.92 Å². The number of hydrogen-bond donors (Lipinski definition) is 1. The molecule has 0 spiro atoms. The van der Waals surface area contributed by atoms with Crippen molar-refractivity contribution >= 4 is 11.8 Å². The molecule has 0 bridgehead atoms. The van der Waals surface area contributed by atoms with Gasteiger partial charge in [0.25, 0.3) is 0 Å². The lowest BCUT2D eigenvalue weighted by Crippen LogP contribution is -2.55. The minimum Gasteiger partial charge on any atom is -0.489 e. The van der Waals surface area contributed by atoms with Crippen LogP contribution in [-0.4, -0.2) is 60.9 Å². The number of carbonyl (C=O) groups excluding carboxylic acids is 2. The van der Waals surface area contributed by atoms with Crippen LogP contribution in [0.5, 0.6) is 5.75 Å². The Morgan fingerprint density at radius 1 is 0.943 bits per heavy atom. The van der Waals surface area contributed by atoms with E-state index in [9.17, 15) is 9.59 Å². The molecule has 190 valence electrons. The second kappa shape index (κ2) is 13.3. The van der Waals surface area contributed by atoms with Crippen LogP contribution >= 0.6 is 0 Å². The van der Waals surface area contributed by atoms with Gasteiger partial charge in [0.15, 0.2) is 0 Å². The summed E-state index contributed by atoms with van der Waals surface area (Å²) >= 11 is 0. The van der Waals surface area contributed by atoms with E-state index in [2.05, 4.69) is 19.2 Å². The lowest BCUT2D eigenvalue weighted by Gasteiger charge is -2.32. The van der Waals surface area contributed by atoms with Gasteiger partial charge in [-0.15, -0.1) is 0 Å². The average molecular weight is 480 g/mol. The molecule has 1 saturated heterocycles. The number of piperidine rings is 1. The van der Waals surface area contributed by atoms with Crippen LogP contribution in [0, 0.1) is 5.92 Å². The fourth-order valence-corrected chi connectivity index (χ4v) is 4.50. The van der Waals surface area contributed by atoms with E-state index in [1.165, 1.54) is 0 Å². The number of ether oxygens (including phenoxy) is 1. The molecule has 0 saturated carbocycles. The summed E-state index contributed by atoms with van der Waals surface area (Å²) in [4.78, 5) is 30.5. The molecular formula is C29H41N3O3. The van der Waals surface area contributed by atoms with Gasteiger partial charge in [0.1, 0.15) is 18.4 Å². The van der Waals surface area contributed by atoms with Crippen LogP contribution in [0.25, 0.3) is 0 Å². The molecular weight excluding hydrogens is 438 g/mol. The van der Waals surface area contributed by atoms with Crippen molar-refractivity contribution in [1.29, 1.82) is 0 Å². The molecule has 2 amide bonds. The van der Waals surface area contributed by atoms with Gasteiger partial charge in [0.2, 0.25) is 11.8 Å². The Hall–Kier alpha value is -2.86. The zero-order chi connectivity index (χ0) is 25.2. The lowest BCUT2D eigenvalue weighted by atomic mass is 9.99. The minimum atomic E-state index is -0.578. The van der Waals surface area contributed by atoms with E-state index in [4.69, 9.17) is 4.74 Å². The van der Waals surface area contributed by atoms with Gasteiger partial charge in [-0.25, -0.2) is 0 Å². The SMILES string of the molecule is CC(C)C[C@H](C(=O)N[C@@H](Cc1ccc(OCc2ccccc2)cc1)C(=O)N1CCCCC1)N(C)C. The van der Waals surface area contributed by atoms with Gasteiger partial charge in [-0.2, -0.15) is 0 Å². The summed E-state index contributed by atoms with van der Waals surface area (Å²) in [5, 5.41) is 3.11.